The van der Waals surface area contributed by atoms with E-state index >= 15 is 0 Å². The number of hydrogen-bond donors (Lipinski definition) is 1. The molecule has 0 saturated carbocycles. The Morgan fingerprint density at radius 1 is 1.50 bits per heavy atom. The summed E-state index contributed by atoms with van der Waals surface area (Å²) < 4.78 is 11.3. The van der Waals surface area contributed by atoms with Gasteiger partial charge in [-0.1, -0.05) is 20.8 Å². The summed E-state index contributed by atoms with van der Waals surface area (Å²) in [6, 6.07) is 1.50. The van der Waals surface area contributed by atoms with E-state index in [0.29, 0.717) is 16.3 Å². The van der Waals surface area contributed by atoms with E-state index in [1.807, 2.05) is 20.8 Å². The topological polar surface area (TPSA) is 50.2 Å². The molecule has 0 bridgehead atoms. The molecule has 1 atom stereocenters. The minimum Gasteiger partial charge on any atom is -0.506 e. The second-order valence-electron chi connectivity index (χ2n) is 2.41. The van der Waals surface area contributed by atoms with Crippen LogP contribution in [0.2, 0.25) is 0 Å². The van der Waals surface area contributed by atoms with Crippen molar-refractivity contribution in [2.45, 2.75) is 32.6 Å². The first-order valence-electron chi connectivity index (χ1n) is 4.69. The molecule has 80 valence electrons. The van der Waals surface area contributed by atoms with Gasteiger partial charge in [-0.2, -0.15) is 0 Å². The van der Waals surface area contributed by atoms with Crippen molar-refractivity contribution in [3.63, 3.8) is 0 Å². The summed E-state index contributed by atoms with van der Waals surface area (Å²) in [5.41, 5.74) is 0.716. The van der Waals surface area contributed by atoms with E-state index in [1.165, 1.54) is 12.3 Å². The van der Waals surface area contributed by atoms with Crippen LogP contribution in [-0.2, 0) is 10.8 Å². The summed E-state index contributed by atoms with van der Waals surface area (Å²) in [5, 5.41) is 9.08. The number of nitrogens with zero attached hydrogens (tertiary/aromatic N) is 1. The Morgan fingerprint density at radius 2 is 2.07 bits per heavy atom. The molecule has 1 unspecified atom stereocenters. The predicted molar refractivity (Wildman–Crippen MR) is 58.9 cm³/mol. The number of aromatic nitrogens is 1. The Balaban J connectivity index is 0.000000791. The molecule has 1 rings (SSSR count). The molecule has 4 heteroatoms. The highest BCUT2D eigenvalue weighted by molar-refractivity contribution is 7.85. The first-order chi connectivity index (χ1) is 6.65. The molecule has 0 spiro atoms. The van der Waals surface area contributed by atoms with Crippen LogP contribution < -0.4 is 0 Å². The second kappa shape index (κ2) is 6.54. The summed E-state index contributed by atoms with van der Waals surface area (Å²) in [5.74, 6) is 0.615. The molecule has 1 heterocycles. The van der Waals surface area contributed by atoms with E-state index in [-0.39, 0.29) is 5.75 Å². The third-order valence-corrected chi connectivity index (χ3v) is 2.96. The van der Waals surface area contributed by atoms with Crippen LogP contribution >= 0.6 is 0 Å². The van der Waals surface area contributed by atoms with Crippen LogP contribution in [0, 0.1) is 6.92 Å². The molecule has 0 aromatic carbocycles. The van der Waals surface area contributed by atoms with Gasteiger partial charge >= 0.3 is 0 Å². The molecule has 3 nitrogen and oxygen atoms in total. The van der Waals surface area contributed by atoms with E-state index in [1.54, 1.807) is 6.92 Å². The number of aryl methyl sites for hydroxylation is 1. The van der Waals surface area contributed by atoms with E-state index in [9.17, 15) is 4.21 Å². The lowest BCUT2D eigenvalue weighted by Gasteiger charge is -2.02. The molecule has 0 radical (unpaired) electrons. The molecule has 0 fully saturated rings. The van der Waals surface area contributed by atoms with Crippen molar-refractivity contribution in [2.75, 3.05) is 5.75 Å². The molecule has 1 aromatic rings. The van der Waals surface area contributed by atoms with Gasteiger partial charge in [-0.15, -0.1) is 0 Å². The molecular weight excluding hydrogens is 198 g/mol. The fourth-order valence-electron chi connectivity index (χ4n) is 0.889. The number of pyridine rings is 1. The van der Waals surface area contributed by atoms with Gasteiger partial charge in [0.2, 0.25) is 0 Å². The maximum Gasteiger partial charge on any atom is 0.135 e. The maximum atomic E-state index is 11.3. The van der Waals surface area contributed by atoms with Crippen LogP contribution in [0.1, 0.15) is 26.5 Å². The van der Waals surface area contributed by atoms with Crippen molar-refractivity contribution in [2.24, 2.45) is 0 Å². The molecule has 0 aliphatic heterocycles. The van der Waals surface area contributed by atoms with Crippen molar-refractivity contribution >= 4 is 10.8 Å². The Hall–Kier alpha value is -0.900. The lowest BCUT2D eigenvalue weighted by molar-refractivity contribution is 0.470. The van der Waals surface area contributed by atoms with Crippen molar-refractivity contribution in [3.8, 4) is 5.75 Å². The quantitative estimate of drug-likeness (QED) is 0.823. The molecule has 14 heavy (non-hydrogen) atoms. The van der Waals surface area contributed by atoms with Crippen molar-refractivity contribution in [1.29, 1.82) is 0 Å². The van der Waals surface area contributed by atoms with Crippen molar-refractivity contribution in [1.82, 2.24) is 4.98 Å². The molecule has 1 aromatic heterocycles. The smallest absolute Gasteiger partial charge is 0.135 e. The zero-order valence-electron chi connectivity index (χ0n) is 9.07. The molecule has 1 N–H and O–H groups in total. The van der Waals surface area contributed by atoms with Crippen molar-refractivity contribution < 1.29 is 9.32 Å². The summed E-state index contributed by atoms with van der Waals surface area (Å²) in [6.07, 6.45) is 1.35. The molecule has 0 amide bonds. The Bertz CT molecular complexity index is 313. The fraction of sp³-hybridized carbons (Fsp3) is 0.500. The Kier molecular flexibility index (Phi) is 6.12. The highest BCUT2D eigenvalue weighted by Crippen LogP contribution is 2.16. The molecular formula is C10H17NO2S. The largest absolute Gasteiger partial charge is 0.506 e. The molecule has 0 aliphatic carbocycles. The van der Waals surface area contributed by atoms with Gasteiger partial charge in [0.1, 0.15) is 5.75 Å². The van der Waals surface area contributed by atoms with E-state index in [4.69, 9.17) is 5.11 Å². The summed E-state index contributed by atoms with van der Waals surface area (Å²) in [6.45, 7) is 7.61. The molecule has 0 saturated heterocycles. The second-order valence-corrected chi connectivity index (χ2v) is 4.12. The number of hydrogen-bond acceptors (Lipinski definition) is 3. The predicted octanol–water partition coefficient (Wildman–Crippen LogP) is 2.25. The van der Waals surface area contributed by atoms with Crippen LogP contribution in [0.15, 0.2) is 17.2 Å². The van der Waals surface area contributed by atoms with Gasteiger partial charge in [-0.25, -0.2) is 0 Å². The average molecular weight is 215 g/mol. The zero-order chi connectivity index (χ0) is 11.1. The lowest BCUT2D eigenvalue weighted by Crippen LogP contribution is -1.98. The SMILES string of the molecule is CC.CCS(=O)c1cc(O)cnc1C. The van der Waals surface area contributed by atoms with Crippen LogP contribution in [0.5, 0.6) is 5.75 Å². The average Bonchev–Trinajstić information content (AvgIpc) is 2.23. The number of rotatable bonds is 2. The zero-order valence-corrected chi connectivity index (χ0v) is 9.89. The van der Waals surface area contributed by atoms with Gasteiger partial charge in [-0.3, -0.25) is 9.19 Å². The van der Waals surface area contributed by atoms with Gasteiger partial charge in [-0.05, 0) is 13.0 Å². The van der Waals surface area contributed by atoms with Crippen LogP contribution in [-0.4, -0.2) is 20.1 Å². The highest BCUT2D eigenvalue weighted by atomic mass is 32.2. The van der Waals surface area contributed by atoms with E-state index < -0.39 is 10.8 Å². The first kappa shape index (κ1) is 13.1. The fourth-order valence-corrected chi connectivity index (χ4v) is 1.83. The highest BCUT2D eigenvalue weighted by Gasteiger charge is 2.06. The number of aromatic hydroxyl groups is 1. The van der Waals surface area contributed by atoms with E-state index in [0.717, 1.165) is 0 Å². The summed E-state index contributed by atoms with van der Waals surface area (Å²) >= 11 is 0. The van der Waals surface area contributed by atoms with Gasteiger partial charge in [0, 0.05) is 5.75 Å². The minimum absolute atomic E-state index is 0.0670. The van der Waals surface area contributed by atoms with Gasteiger partial charge in [0.15, 0.2) is 0 Å². The van der Waals surface area contributed by atoms with Gasteiger partial charge in [0.05, 0.1) is 27.6 Å². The standard InChI is InChI=1S/C8H11NO2S.C2H6/c1-3-12(11)8-4-7(10)5-9-6(8)2;1-2/h4-5,10H,3H2,1-2H3;1-2H3. The monoisotopic (exact) mass is 215 g/mol. The molecule has 0 aliphatic rings. The normalized spacial score (nSPS) is 11.4. The summed E-state index contributed by atoms with van der Waals surface area (Å²) in [7, 11) is -1.03. The minimum atomic E-state index is -1.03. The first-order valence-corrected chi connectivity index (χ1v) is 6.01. The third kappa shape index (κ3) is 3.46. The maximum absolute atomic E-state index is 11.3. The Morgan fingerprint density at radius 3 is 2.57 bits per heavy atom. The van der Waals surface area contributed by atoms with Gasteiger partial charge < -0.3 is 5.11 Å². The van der Waals surface area contributed by atoms with E-state index in [2.05, 4.69) is 4.98 Å². The Labute approximate surface area is 87.7 Å². The lowest BCUT2D eigenvalue weighted by atomic mass is 10.4. The third-order valence-electron chi connectivity index (χ3n) is 1.53. The summed E-state index contributed by atoms with van der Waals surface area (Å²) in [4.78, 5) is 4.53. The van der Waals surface area contributed by atoms with Crippen LogP contribution in [0.4, 0.5) is 0 Å². The van der Waals surface area contributed by atoms with Crippen LogP contribution in [0.25, 0.3) is 0 Å². The van der Waals surface area contributed by atoms with Crippen molar-refractivity contribution in [3.05, 3.63) is 18.0 Å². The van der Waals surface area contributed by atoms with Crippen LogP contribution in [0.3, 0.4) is 0 Å². The van der Waals surface area contributed by atoms with Gasteiger partial charge in [0.25, 0.3) is 0 Å².